The van der Waals surface area contributed by atoms with Crippen molar-refractivity contribution in [1.29, 1.82) is 0 Å². The summed E-state index contributed by atoms with van der Waals surface area (Å²) in [4.78, 5) is 12.3. The lowest BCUT2D eigenvalue weighted by molar-refractivity contribution is -0.123. The average molecular weight is 666 g/mol. The quantitative estimate of drug-likeness (QED) is 0.0473. The second kappa shape index (κ2) is 39.0. The van der Waals surface area contributed by atoms with Crippen LogP contribution in [0.15, 0.2) is 85.1 Å². The molecule has 0 aromatic heterocycles. The van der Waals surface area contributed by atoms with Crippen LogP contribution in [0.25, 0.3) is 0 Å². The smallest absolute Gasteiger partial charge is 0.220 e. The standard InChI is InChI=1S/C44H75NO3/c1-3-5-7-9-11-13-14-15-16-17-18-19-20-21-22-23-24-25-26-27-28-29-30-32-34-36-38-40-44(48)45-42(41-46)43(47)39-37-35-33-31-12-10-8-6-4-2/h5,7,11,13,15-16,18-19,21-22,24-25,37,39,42-43,46-47H,3-4,6,8-10,12,14,17,20,23,26-36,38,40-41H2,1-2H3,(H,45,48)/b7-5-,13-11-,16-15-,19-18-,22-21-,25-24-,39-37+. The second-order valence-electron chi connectivity index (χ2n) is 13.0. The Morgan fingerprint density at radius 3 is 1.38 bits per heavy atom. The van der Waals surface area contributed by atoms with E-state index in [-0.39, 0.29) is 12.5 Å². The molecule has 4 nitrogen and oxygen atoms in total. The summed E-state index contributed by atoms with van der Waals surface area (Å²) in [5, 5.41) is 22.8. The summed E-state index contributed by atoms with van der Waals surface area (Å²) >= 11 is 0. The van der Waals surface area contributed by atoms with Crippen LogP contribution in [0.1, 0.15) is 168 Å². The molecule has 0 aromatic rings. The lowest BCUT2D eigenvalue weighted by Gasteiger charge is -2.20. The monoisotopic (exact) mass is 666 g/mol. The molecule has 2 unspecified atom stereocenters. The van der Waals surface area contributed by atoms with E-state index in [1.165, 1.54) is 77.0 Å². The maximum atomic E-state index is 12.3. The van der Waals surface area contributed by atoms with Crippen molar-refractivity contribution < 1.29 is 15.0 Å². The van der Waals surface area contributed by atoms with E-state index in [9.17, 15) is 15.0 Å². The van der Waals surface area contributed by atoms with E-state index >= 15 is 0 Å². The van der Waals surface area contributed by atoms with Crippen LogP contribution < -0.4 is 5.32 Å². The van der Waals surface area contributed by atoms with Crippen molar-refractivity contribution in [3.63, 3.8) is 0 Å². The third kappa shape index (κ3) is 34.9. The Morgan fingerprint density at radius 1 is 0.521 bits per heavy atom. The molecule has 2 atom stereocenters. The lowest BCUT2D eigenvalue weighted by atomic mass is 10.1. The Morgan fingerprint density at radius 2 is 0.917 bits per heavy atom. The number of carbonyl (C=O) groups is 1. The Balaban J connectivity index is 3.63. The predicted octanol–water partition coefficient (Wildman–Crippen LogP) is 12.1. The topological polar surface area (TPSA) is 69.6 Å². The zero-order valence-electron chi connectivity index (χ0n) is 31.2. The number of hydrogen-bond donors (Lipinski definition) is 3. The number of nitrogens with one attached hydrogen (secondary N) is 1. The Hall–Kier alpha value is -2.43. The maximum Gasteiger partial charge on any atom is 0.220 e. The van der Waals surface area contributed by atoms with Gasteiger partial charge in [0.25, 0.3) is 0 Å². The zero-order chi connectivity index (χ0) is 35.0. The first kappa shape index (κ1) is 45.6. The highest BCUT2D eigenvalue weighted by Gasteiger charge is 2.17. The van der Waals surface area contributed by atoms with Crippen molar-refractivity contribution in [3.05, 3.63) is 85.1 Å². The minimum absolute atomic E-state index is 0.0806. The van der Waals surface area contributed by atoms with Gasteiger partial charge in [0, 0.05) is 6.42 Å². The van der Waals surface area contributed by atoms with Crippen LogP contribution in [-0.2, 0) is 4.79 Å². The molecular formula is C44H75NO3. The number of carbonyl (C=O) groups excluding carboxylic acids is 1. The van der Waals surface area contributed by atoms with E-state index < -0.39 is 12.1 Å². The molecule has 0 fully saturated rings. The van der Waals surface area contributed by atoms with Crippen molar-refractivity contribution >= 4 is 5.91 Å². The van der Waals surface area contributed by atoms with Crippen LogP contribution in [-0.4, -0.2) is 34.9 Å². The van der Waals surface area contributed by atoms with Crippen molar-refractivity contribution in [3.8, 4) is 0 Å². The summed E-state index contributed by atoms with van der Waals surface area (Å²) in [7, 11) is 0. The van der Waals surface area contributed by atoms with Crippen LogP contribution >= 0.6 is 0 Å². The fourth-order valence-corrected chi connectivity index (χ4v) is 5.36. The number of aliphatic hydroxyl groups excluding tert-OH is 2. The molecule has 0 heterocycles. The van der Waals surface area contributed by atoms with E-state index in [1.807, 2.05) is 6.08 Å². The molecular weight excluding hydrogens is 590 g/mol. The fraction of sp³-hybridized carbons (Fsp3) is 0.659. The highest BCUT2D eigenvalue weighted by Crippen LogP contribution is 2.12. The van der Waals surface area contributed by atoms with E-state index in [0.29, 0.717) is 6.42 Å². The summed E-state index contributed by atoms with van der Waals surface area (Å²) in [5.74, 6) is -0.0806. The van der Waals surface area contributed by atoms with Crippen molar-refractivity contribution in [2.24, 2.45) is 0 Å². The van der Waals surface area contributed by atoms with Gasteiger partial charge in [0.05, 0.1) is 18.8 Å². The molecule has 48 heavy (non-hydrogen) atoms. The molecule has 4 heteroatoms. The minimum atomic E-state index is -0.845. The summed E-state index contributed by atoms with van der Waals surface area (Å²) < 4.78 is 0. The van der Waals surface area contributed by atoms with Crippen LogP contribution in [0, 0.1) is 0 Å². The van der Waals surface area contributed by atoms with E-state index in [1.54, 1.807) is 6.08 Å². The fourth-order valence-electron chi connectivity index (χ4n) is 5.36. The Labute approximate surface area is 297 Å². The van der Waals surface area contributed by atoms with Crippen LogP contribution in [0.4, 0.5) is 0 Å². The second-order valence-corrected chi connectivity index (χ2v) is 13.0. The van der Waals surface area contributed by atoms with Gasteiger partial charge < -0.3 is 15.5 Å². The van der Waals surface area contributed by atoms with Gasteiger partial charge in [-0.1, -0.05) is 176 Å². The van der Waals surface area contributed by atoms with E-state index in [4.69, 9.17) is 0 Å². The summed E-state index contributed by atoms with van der Waals surface area (Å²) in [6.45, 7) is 4.14. The average Bonchev–Trinajstić information content (AvgIpc) is 3.09. The zero-order valence-corrected chi connectivity index (χ0v) is 31.2. The first-order valence-electron chi connectivity index (χ1n) is 19.8. The van der Waals surface area contributed by atoms with Gasteiger partial charge in [0.2, 0.25) is 5.91 Å². The number of unbranched alkanes of at least 4 members (excludes halogenated alkanes) is 15. The van der Waals surface area contributed by atoms with Gasteiger partial charge in [-0.2, -0.15) is 0 Å². The minimum Gasteiger partial charge on any atom is -0.394 e. The van der Waals surface area contributed by atoms with Crippen LogP contribution in [0.5, 0.6) is 0 Å². The summed E-state index contributed by atoms with van der Waals surface area (Å²) in [6, 6.07) is -0.629. The van der Waals surface area contributed by atoms with Gasteiger partial charge in [-0.25, -0.2) is 0 Å². The molecule has 0 rings (SSSR count). The first-order valence-corrected chi connectivity index (χ1v) is 19.8. The highest BCUT2D eigenvalue weighted by molar-refractivity contribution is 5.76. The third-order valence-corrected chi connectivity index (χ3v) is 8.38. The summed E-state index contributed by atoms with van der Waals surface area (Å²) in [6.07, 6.45) is 56.8. The van der Waals surface area contributed by atoms with Gasteiger partial charge in [-0.3, -0.25) is 4.79 Å². The SMILES string of the molecule is CC/C=C\C/C=C\C/C=C\C/C=C\C/C=C\C/C=C\CCCCCCCCCCC(=O)NC(CO)C(O)/C=C/CCCCCCCCC. The third-order valence-electron chi connectivity index (χ3n) is 8.38. The van der Waals surface area contributed by atoms with Gasteiger partial charge in [-0.05, 0) is 70.6 Å². The van der Waals surface area contributed by atoms with Crippen LogP contribution in [0.3, 0.4) is 0 Å². The molecule has 0 saturated heterocycles. The maximum absolute atomic E-state index is 12.3. The van der Waals surface area contributed by atoms with Gasteiger partial charge in [-0.15, -0.1) is 0 Å². The molecule has 3 N–H and O–H groups in total. The number of hydrogen-bond acceptors (Lipinski definition) is 3. The van der Waals surface area contributed by atoms with Crippen molar-refractivity contribution in [1.82, 2.24) is 5.32 Å². The Bertz CT molecular complexity index is 895. The van der Waals surface area contributed by atoms with Gasteiger partial charge in [0.15, 0.2) is 0 Å². The molecule has 0 bridgehead atoms. The molecule has 274 valence electrons. The normalized spacial score (nSPS) is 14.0. The number of aliphatic hydroxyl groups is 2. The molecule has 0 aromatic carbocycles. The number of rotatable bonds is 34. The predicted molar refractivity (Wildman–Crippen MR) is 211 cm³/mol. The lowest BCUT2D eigenvalue weighted by Crippen LogP contribution is -2.45. The molecule has 0 radical (unpaired) electrons. The molecule has 0 aliphatic carbocycles. The molecule has 0 saturated carbocycles. The van der Waals surface area contributed by atoms with E-state index in [2.05, 4.69) is 92.1 Å². The largest absolute Gasteiger partial charge is 0.394 e. The number of amides is 1. The molecule has 0 aliphatic rings. The molecule has 0 spiro atoms. The van der Waals surface area contributed by atoms with Gasteiger partial charge in [0.1, 0.15) is 0 Å². The first-order chi connectivity index (χ1) is 23.7. The molecule has 1 amide bonds. The van der Waals surface area contributed by atoms with Crippen LogP contribution in [0.2, 0.25) is 0 Å². The highest BCUT2D eigenvalue weighted by atomic mass is 16.3. The number of allylic oxidation sites excluding steroid dienone is 13. The Kier molecular flexibility index (Phi) is 37.0. The summed E-state index contributed by atoms with van der Waals surface area (Å²) in [5.41, 5.74) is 0. The van der Waals surface area contributed by atoms with Crippen molar-refractivity contribution in [2.45, 2.75) is 180 Å². The molecule has 0 aliphatic heterocycles. The van der Waals surface area contributed by atoms with E-state index in [0.717, 1.165) is 70.6 Å². The van der Waals surface area contributed by atoms with Gasteiger partial charge >= 0.3 is 0 Å². The van der Waals surface area contributed by atoms with Crippen molar-refractivity contribution in [2.75, 3.05) is 6.61 Å².